The van der Waals surface area contributed by atoms with E-state index < -0.39 is 0 Å². The zero-order valence-corrected chi connectivity index (χ0v) is 21.3. The van der Waals surface area contributed by atoms with Gasteiger partial charge in [-0.2, -0.15) is 4.57 Å². The van der Waals surface area contributed by atoms with Crippen molar-refractivity contribution in [1.82, 2.24) is 0 Å². The largest absolute Gasteiger partial charge is 0.450 e. The number of aryl methyl sites for hydroxylation is 2. The number of fused-ring (bicyclic) bond motifs is 3. The van der Waals surface area contributed by atoms with E-state index in [2.05, 4.69) is 81.8 Å². The monoisotopic (exact) mass is 450 g/mol. The average Bonchev–Trinajstić information content (AvgIpc) is 2.81. The lowest BCUT2D eigenvalue weighted by atomic mass is 9.83. The zero-order chi connectivity index (χ0) is 23.6. The fraction of sp³-hybridized carbons (Fsp3) is 0.406. The molecule has 0 spiro atoms. The van der Waals surface area contributed by atoms with Crippen molar-refractivity contribution in [2.75, 3.05) is 0 Å². The molecule has 0 saturated heterocycles. The summed E-state index contributed by atoms with van der Waals surface area (Å²) in [6, 6.07) is 16.4. The number of hydrogen-bond donors (Lipinski definition) is 0. The summed E-state index contributed by atoms with van der Waals surface area (Å²) < 4.78 is 9.08. The summed E-state index contributed by atoms with van der Waals surface area (Å²) in [7, 11) is 2.20. The molecule has 34 heavy (non-hydrogen) atoms. The fourth-order valence-electron chi connectivity index (χ4n) is 6.44. The number of aromatic nitrogens is 1. The summed E-state index contributed by atoms with van der Waals surface area (Å²) >= 11 is 0. The standard InChI is InChI=1S/C32H36NO/c1-19(2)13-22-15-26-14-20(3)21(4)30-31(26)28(16-22)34-29-18-25-17-24(23-9-7-6-8-10-23)11-12-27(25)33(5)32(29)30/h11-12,14-19,23H,6-10,13H2,1-5H3/q+1. The Balaban J connectivity index is 1.58. The van der Waals surface area contributed by atoms with E-state index in [-0.39, 0.29) is 0 Å². The van der Waals surface area contributed by atoms with Gasteiger partial charge >= 0.3 is 0 Å². The Morgan fingerprint density at radius 1 is 0.912 bits per heavy atom. The number of hydrogen-bond acceptors (Lipinski definition) is 1. The molecule has 1 saturated carbocycles. The molecule has 1 fully saturated rings. The van der Waals surface area contributed by atoms with Gasteiger partial charge < -0.3 is 4.74 Å². The van der Waals surface area contributed by atoms with Gasteiger partial charge in [0.1, 0.15) is 12.8 Å². The molecular formula is C32H36NO+. The lowest BCUT2D eigenvalue weighted by Crippen LogP contribution is -2.33. The van der Waals surface area contributed by atoms with Crippen LogP contribution in [-0.4, -0.2) is 0 Å². The van der Waals surface area contributed by atoms with Crippen LogP contribution in [-0.2, 0) is 13.5 Å². The highest BCUT2D eigenvalue weighted by atomic mass is 16.5. The molecule has 0 atom stereocenters. The maximum Gasteiger partial charge on any atom is 0.256 e. The van der Waals surface area contributed by atoms with Crippen molar-refractivity contribution in [2.45, 2.75) is 72.1 Å². The van der Waals surface area contributed by atoms with Gasteiger partial charge in [0.05, 0.1) is 10.9 Å². The molecule has 1 aliphatic heterocycles. The summed E-state index contributed by atoms with van der Waals surface area (Å²) in [5, 5.41) is 3.84. The quantitative estimate of drug-likeness (QED) is 0.251. The predicted octanol–water partition coefficient (Wildman–Crippen LogP) is 8.45. The first-order valence-corrected chi connectivity index (χ1v) is 13.1. The minimum Gasteiger partial charge on any atom is -0.450 e. The molecule has 2 heteroatoms. The van der Waals surface area contributed by atoms with Gasteiger partial charge in [0.15, 0.2) is 5.75 Å². The normalized spacial score (nSPS) is 15.7. The summed E-state index contributed by atoms with van der Waals surface area (Å²) in [4.78, 5) is 0. The Morgan fingerprint density at radius 3 is 2.47 bits per heavy atom. The number of benzene rings is 3. The molecule has 0 amide bonds. The van der Waals surface area contributed by atoms with Crippen LogP contribution in [0.25, 0.3) is 32.9 Å². The second kappa shape index (κ2) is 8.12. The topological polar surface area (TPSA) is 13.1 Å². The van der Waals surface area contributed by atoms with Crippen LogP contribution in [0.3, 0.4) is 0 Å². The van der Waals surface area contributed by atoms with Crippen LogP contribution >= 0.6 is 0 Å². The molecule has 0 N–H and O–H groups in total. The van der Waals surface area contributed by atoms with Crippen LogP contribution in [0.15, 0.2) is 42.5 Å². The number of ether oxygens (including phenoxy) is 1. The zero-order valence-electron chi connectivity index (χ0n) is 21.3. The minimum absolute atomic E-state index is 0.617. The van der Waals surface area contributed by atoms with Gasteiger partial charge in [0, 0.05) is 17.5 Å². The third kappa shape index (κ3) is 3.42. The van der Waals surface area contributed by atoms with Crippen molar-refractivity contribution in [3.05, 3.63) is 64.7 Å². The molecule has 6 rings (SSSR count). The van der Waals surface area contributed by atoms with Crippen molar-refractivity contribution >= 4 is 21.7 Å². The Bertz CT molecular complexity index is 1440. The van der Waals surface area contributed by atoms with Gasteiger partial charge in [0.2, 0.25) is 5.52 Å². The van der Waals surface area contributed by atoms with Crippen molar-refractivity contribution in [3.63, 3.8) is 0 Å². The first kappa shape index (κ1) is 21.6. The van der Waals surface area contributed by atoms with E-state index in [9.17, 15) is 0 Å². The highest BCUT2D eigenvalue weighted by Crippen LogP contribution is 2.48. The van der Waals surface area contributed by atoms with Crippen LogP contribution in [0, 0.1) is 19.8 Å². The Kier molecular flexibility index (Phi) is 5.17. The summed E-state index contributed by atoms with van der Waals surface area (Å²) in [5.41, 5.74) is 9.36. The van der Waals surface area contributed by atoms with E-state index in [0.29, 0.717) is 11.8 Å². The number of pyridine rings is 1. The molecule has 1 aliphatic carbocycles. The van der Waals surface area contributed by atoms with Gasteiger partial charge in [-0.05, 0) is 84.7 Å². The Morgan fingerprint density at radius 2 is 1.71 bits per heavy atom. The smallest absolute Gasteiger partial charge is 0.256 e. The van der Waals surface area contributed by atoms with E-state index in [4.69, 9.17) is 4.74 Å². The lowest BCUT2D eigenvalue weighted by Gasteiger charge is -2.24. The van der Waals surface area contributed by atoms with Gasteiger partial charge in [-0.1, -0.05) is 51.3 Å². The highest BCUT2D eigenvalue weighted by Gasteiger charge is 2.32. The average molecular weight is 451 g/mol. The first-order chi connectivity index (χ1) is 16.4. The van der Waals surface area contributed by atoms with E-state index >= 15 is 0 Å². The van der Waals surface area contributed by atoms with E-state index in [1.165, 1.54) is 87.3 Å². The molecule has 4 aromatic rings. The second-order valence-electron chi connectivity index (χ2n) is 11.2. The molecule has 2 nitrogen and oxygen atoms in total. The molecule has 2 aliphatic rings. The minimum atomic E-state index is 0.617. The van der Waals surface area contributed by atoms with Gasteiger partial charge in [-0.15, -0.1) is 0 Å². The number of nitrogens with zero attached hydrogens (tertiary/aromatic N) is 1. The molecule has 0 bridgehead atoms. The molecule has 174 valence electrons. The predicted molar refractivity (Wildman–Crippen MR) is 142 cm³/mol. The maximum absolute atomic E-state index is 6.72. The number of rotatable bonds is 3. The van der Waals surface area contributed by atoms with Crippen molar-refractivity contribution in [2.24, 2.45) is 13.0 Å². The maximum atomic E-state index is 6.72. The van der Waals surface area contributed by atoms with E-state index in [1.807, 2.05) is 0 Å². The first-order valence-electron chi connectivity index (χ1n) is 13.1. The Hall–Kier alpha value is -2.87. The summed E-state index contributed by atoms with van der Waals surface area (Å²) in [6.07, 6.45) is 7.83. The van der Waals surface area contributed by atoms with Crippen molar-refractivity contribution < 1.29 is 9.30 Å². The van der Waals surface area contributed by atoms with Gasteiger partial charge in [-0.3, -0.25) is 0 Å². The summed E-state index contributed by atoms with van der Waals surface area (Å²) in [6.45, 7) is 9.08. The van der Waals surface area contributed by atoms with Crippen LogP contribution in [0.4, 0.5) is 0 Å². The SMILES string of the molecule is Cc1cc2cc(CC(C)C)cc3c2c(c1C)-c1c(cc2cc(C4CCCCC4)ccc2[n+]1C)O3. The molecule has 0 unspecified atom stereocenters. The van der Waals surface area contributed by atoms with Gasteiger partial charge in [-0.25, -0.2) is 0 Å². The lowest BCUT2D eigenvalue weighted by molar-refractivity contribution is -0.633. The molecule has 1 aromatic heterocycles. The molecular weight excluding hydrogens is 414 g/mol. The van der Waals surface area contributed by atoms with Crippen LogP contribution in [0.1, 0.15) is 74.1 Å². The highest BCUT2D eigenvalue weighted by molar-refractivity contribution is 6.05. The fourth-order valence-corrected chi connectivity index (χ4v) is 6.44. The molecule has 0 radical (unpaired) electrons. The second-order valence-corrected chi connectivity index (χ2v) is 11.2. The summed E-state index contributed by atoms with van der Waals surface area (Å²) in [5.74, 6) is 3.33. The van der Waals surface area contributed by atoms with Crippen LogP contribution < -0.4 is 9.30 Å². The van der Waals surface area contributed by atoms with E-state index in [0.717, 1.165) is 17.9 Å². The third-order valence-electron chi connectivity index (χ3n) is 8.23. The third-order valence-corrected chi connectivity index (χ3v) is 8.23. The van der Waals surface area contributed by atoms with Gasteiger partial charge in [0.25, 0.3) is 5.69 Å². The molecule has 2 heterocycles. The van der Waals surface area contributed by atoms with Crippen molar-refractivity contribution in [1.29, 1.82) is 0 Å². The van der Waals surface area contributed by atoms with Crippen molar-refractivity contribution in [3.8, 4) is 22.8 Å². The van der Waals surface area contributed by atoms with Crippen LogP contribution in [0.5, 0.6) is 11.5 Å². The van der Waals surface area contributed by atoms with E-state index in [1.54, 1.807) is 0 Å². The van der Waals surface area contributed by atoms with Crippen LogP contribution in [0.2, 0.25) is 0 Å². The molecule has 3 aromatic carbocycles. The Labute approximate surface area is 203 Å².